The zero-order valence-corrected chi connectivity index (χ0v) is 27.8. The minimum absolute atomic E-state index is 0.168. The van der Waals surface area contributed by atoms with Gasteiger partial charge in [-0.2, -0.15) is 0 Å². The molecular weight excluding hydrogens is 702 g/mol. The van der Waals surface area contributed by atoms with Crippen LogP contribution < -0.4 is 15.4 Å². The smallest absolute Gasteiger partial charge is 0.302 e. The van der Waals surface area contributed by atoms with Crippen LogP contribution in [-0.4, -0.2) is 42.4 Å². The van der Waals surface area contributed by atoms with Crippen molar-refractivity contribution in [3.05, 3.63) is 77.4 Å². The molecule has 0 heterocycles. The molecule has 3 aromatic carbocycles. The Morgan fingerprint density at radius 1 is 1.07 bits per heavy atom. The average molecular weight is 737 g/mol. The molecule has 0 saturated heterocycles. The second-order valence-corrected chi connectivity index (χ2v) is 15.8. The second-order valence-electron chi connectivity index (χ2n) is 10.8. The molecule has 1 saturated carbocycles. The lowest BCUT2D eigenvalue weighted by Gasteiger charge is -2.22. The van der Waals surface area contributed by atoms with Gasteiger partial charge in [0.15, 0.2) is 0 Å². The molecule has 3 atom stereocenters. The molecule has 0 aromatic heterocycles. The molecule has 1 fully saturated rings. The van der Waals surface area contributed by atoms with Gasteiger partial charge in [-0.3, -0.25) is 14.4 Å². The molecule has 1 aliphatic rings. The molecule has 4 rings (SSSR count). The number of esters is 1. The molecule has 0 bridgehead atoms. The maximum absolute atomic E-state index is 14.3. The molecule has 0 radical (unpaired) electrons. The summed E-state index contributed by atoms with van der Waals surface area (Å²) in [5.74, 6) is -1.29. The van der Waals surface area contributed by atoms with Gasteiger partial charge in [-0.25, -0.2) is 12.8 Å². The standard InChI is InChI=1S/C32H34FIN2O7S/c1-19-15-29(42-4)27(17-26(19)22-13-11-21(12-14-22)18-43-20(2)37)31(39)36-28-10-6-9-25(28)30(38)35-23-7-5-8-24(16-23)44(40,41)32(3,33)34/h5,7-8,11-17,25,28H,6,9-10,18H2,1-4H3,(H,35,38)(H,36,39)/t25-,28+,32?/m0/s1. The molecule has 2 N–H and O–H groups in total. The number of benzene rings is 3. The number of nitrogens with one attached hydrogen (secondary N) is 2. The number of sulfone groups is 1. The van der Waals surface area contributed by atoms with E-state index < -0.39 is 30.7 Å². The molecule has 44 heavy (non-hydrogen) atoms. The van der Waals surface area contributed by atoms with Crippen molar-refractivity contribution in [2.75, 3.05) is 12.4 Å². The van der Waals surface area contributed by atoms with Gasteiger partial charge in [0, 0.05) is 18.7 Å². The number of methoxy groups -OCH3 is 1. The number of halogens is 2. The zero-order chi connectivity index (χ0) is 32.2. The SMILES string of the molecule is COc1cc(C)c(-c2ccc(COC(C)=O)cc2)cc1C(=O)N[C@@H]1CCC[C@@H]1C(=O)Nc1cccc(S(=O)(=O)C(C)(F)I)c1. The molecule has 0 spiro atoms. The number of alkyl halides is 2. The Kier molecular flexibility index (Phi) is 10.3. The number of hydrogen-bond donors (Lipinski definition) is 2. The fourth-order valence-electron chi connectivity index (χ4n) is 5.18. The largest absolute Gasteiger partial charge is 0.496 e. The van der Waals surface area contributed by atoms with Crippen molar-refractivity contribution in [1.82, 2.24) is 5.32 Å². The van der Waals surface area contributed by atoms with Gasteiger partial charge >= 0.3 is 5.97 Å². The summed E-state index contributed by atoms with van der Waals surface area (Å²) in [7, 11) is -2.79. The molecule has 234 valence electrons. The van der Waals surface area contributed by atoms with Crippen molar-refractivity contribution in [3.63, 3.8) is 0 Å². The maximum Gasteiger partial charge on any atom is 0.302 e. The Labute approximate surface area is 270 Å². The van der Waals surface area contributed by atoms with Crippen molar-refractivity contribution in [3.8, 4) is 16.9 Å². The Bertz CT molecular complexity index is 1670. The van der Waals surface area contributed by atoms with E-state index in [2.05, 4.69) is 10.6 Å². The van der Waals surface area contributed by atoms with Gasteiger partial charge in [-0.15, -0.1) is 0 Å². The minimum Gasteiger partial charge on any atom is -0.496 e. The third-order valence-corrected chi connectivity index (χ3v) is 11.1. The summed E-state index contributed by atoms with van der Waals surface area (Å²) < 4.78 is 47.5. The van der Waals surface area contributed by atoms with Gasteiger partial charge in [0.2, 0.25) is 15.7 Å². The Morgan fingerprint density at radius 2 is 1.77 bits per heavy atom. The number of anilines is 1. The van der Waals surface area contributed by atoms with Crippen LogP contribution >= 0.6 is 22.6 Å². The molecular formula is C32H34FIN2O7S. The third-order valence-electron chi connectivity index (χ3n) is 7.55. The van der Waals surface area contributed by atoms with Crippen molar-refractivity contribution in [2.24, 2.45) is 5.92 Å². The Balaban J connectivity index is 1.51. The van der Waals surface area contributed by atoms with Gasteiger partial charge in [0.1, 0.15) is 12.4 Å². The molecule has 2 amide bonds. The highest BCUT2D eigenvalue weighted by Gasteiger charge is 2.38. The van der Waals surface area contributed by atoms with E-state index >= 15 is 0 Å². The van der Waals surface area contributed by atoms with Crippen LogP contribution in [-0.2, 0) is 30.8 Å². The fraction of sp³-hybridized carbons (Fsp3) is 0.344. The van der Waals surface area contributed by atoms with Crippen molar-refractivity contribution < 1.29 is 36.7 Å². The van der Waals surface area contributed by atoms with E-state index in [4.69, 9.17) is 9.47 Å². The predicted molar refractivity (Wildman–Crippen MR) is 173 cm³/mol. The average Bonchev–Trinajstić information content (AvgIpc) is 3.44. The number of carbonyl (C=O) groups is 3. The molecule has 1 aliphatic carbocycles. The van der Waals surface area contributed by atoms with Crippen molar-refractivity contribution >= 4 is 55.9 Å². The van der Waals surface area contributed by atoms with Crippen LogP contribution in [0.3, 0.4) is 0 Å². The first-order chi connectivity index (χ1) is 20.7. The second kappa shape index (κ2) is 13.6. The van der Waals surface area contributed by atoms with E-state index in [0.29, 0.717) is 30.6 Å². The van der Waals surface area contributed by atoms with Gasteiger partial charge in [-0.05, 0) is 102 Å². The highest BCUT2D eigenvalue weighted by atomic mass is 127. The van der Waals surface area contributed by atoms with Crippen molar-refractivity contribution in [1.29, 1.82) is 0 Å². The van der Waals surface area contributed by atoms with E-state index in [1.54, 1.807) is 12.1 Å². The number of amides is 2. The van der Waals surface area contributed by atoms with E-state index in [0.717, 1.165) is 29.2 Å². The molecule has 3 aromatic rings. The fourth-order valence-corrected chi connectivity index (χ4v) is 6.90. The summed E-state index contributed by atoms with van der Waals surface area (Å²) in [5, 5.41) is 5.74. The lowest BCUT2D eigenvalue weighted by atomic mass is 9.95. The normalized spacial score (nSPS) is 17.8. The van der Waals surface area contributed by atoms with Crippen LogP contribution in [0.2, 0.25) is 0 Å². The lowest BCUT2D eigenvalue weighted by Crippen LogP contribution is -2.42. The Hall–Kier alpha value is -3.52. The number of ether oxygens (including phenoxy) is 2. The van der Waals surface area contributed by atoms with Crippen LogP contribution in [0, 0.1) is 12.8 Å². The summed E-state index contributed by atoms with van der Waals surface area (Å²) in [6.45, 7) is 4.39. The van der Waals surface area contributed by atoms with E-state index in [1.807, 2.05) is 31.2 Å². The van der Waals surface area contributed by atoms with Crippen LogP contribution in [0.5, 0.6) is 5.75 Å². The topological polar surface area (TPSA) is 128 Å². The van der Waals surface area contributed by atoms with Crippen LogP contribution in [0.4, 0.5) is 10.1 Å². The summed E-state index contributed by atoms with van der Waals surface area (Å²) in [5.41, 5.74) is 3.94. The summed E-state index contributed by atoms with van der Waals surface area (Å²) in [4.78, 5) is 37.7. The lowest BCUT2D eigenvalue weighted by molar-refractivity contribution is -0.142. The van der Waals surface area contributed by atoms with E-state index in [9.17, 15) is 27.2 Å². The monoisotopic (exact) mass is 736 g/mol. The van der Waals surface area contributed by atoms with Gasteiger partial charge in [0.25, 0.3) is 8.91 Å². The van der Waals surface area contributed by atoms with Gasteiger partial charge < -0.3 is 20.1 Å². The maximum atomic E-state index is 14.3. The molecule has 12 heteroatoms. The van der Waals surface area contributed by atoms with Crippen LogP contribution in [0.25, 0.3) is 11.1 Å². The molecule has 0 aliphatic heterocycles. The first kappa shape index (κ1) is 33.4. The predicted octanol–water partition coefficient (Wildman–Crippen LogP) is 6.12. The first-order valence-corrected chi connectivity index (χ1v) is 16.5. The summed E-state index contributed by atoms with van der Waals surface area (Å²) in [6, 6.07) is 16.0. The zero-order valence-electron chi connectivity index (χ0n) is 24.8. The first-order valence-electron chi connectivity index (χ1n) is 14.0. The third kappa shape index (κ3) is 7.57. The molecule has 9 nitrogen and oxygen atoms in total. The van der Waals surface area contributed by atoms with Gasteiger partial charge in [-0.1, -0.05) is 36.8 Å². The Morgan fingerprint density at radius 3 is 2.41 bits per heavy atom. The number of carbonyl (C=O) groups excluding carboxylic acids is 3. The highest BCUT2D eigenvalue weighted by molar-refractivity contribution is 14.1. The van der Waals surface area contributed by atoms with E-state index in [-0.39, 0.29) is 29.1 Å². The van der Waals surface area contributed by atoms with Crippen LogP contribution in [0.15, 0.2) is 65.6 Å². The quantitative estimate of drug-likeness (QED) is 0.146. The number of aryl methyl sites for hydroxylation is 1. The van der Waals surface area contributed by atoms with E-state index in [1.165, 1.54) is 60.9 Å². The molecule has 1 unspecified atom stereocenters. The number of hydrogen-bond acceptors (Lipinski definition) is 7. The highest BCUT2D eigenvalue weighted by Crippen LogP contribution is 2.35. The summed E-state index contributed by atoms with van der Waals surface area (Å²) >= 11 is 1.22. The summed E-state index contributed by atoms with van der Waals surface area (Å²) in [6.07, 6.45) is 1.82. The number of rotatable bonds is 10. The van der Waals surface area contributed by atoms with Crippen molar-refractivity contribution in [2.45, 2.75) is 60.6 Å². The minimum atomic E-state index is -4.27. The van der Waals surface area contributed by atoms with Crippen LogP contribution in [0.1, 0.15) is 54.6 Å². The van der Waals surface area contributed by atoms with Gasteiger partial charge in [0.05, 0.1) is 23.5 Å².